The van der Waals surface area contributed by atoms with Crippen LogP contribution in [0.2, 0.25) is 5.02 Å². The van der Waals surface area contributed by atoms with Gasteiger partial charge in [0.15, 0.2) is 6.10 Å². The third kappa shape index (κ3) is 4.63. The van der Waals surface area contributed by atoms with Gasteiger partial charge in [-0.1, -0.05) is 23.7 Å². The summed E-state index contributed by atoms with van der Waals surface area (Å²) in [5, 5.41) is 3.18. The molecule has 0 aliphatic carbocycles. The highest BCUT2D eigenvalue weighted by Gasteiger charge is 2.14. The molecule has 94 valence electrons. The van der Waals surface area contributed by atoms with E-state index >= 15 is 0 Å². The molecule has 1 aromatic rings. The van der Waals surface area contributed by atoms with Crippen molar-refractivity contribution in [3.05, 3.63) is 29.3 Å². The molecular formula is C12H16ClNO3. The topological polar surface area (TPSA) is 47.6 Å². The minimum atomic E-state index is -0.591. The molecule has 0 spiro atoms. The maximum atomic E-state index is 11.6. The fraction of sp³-hybridized carbons (Fsp3) is 0.417. The zero-order valence-electron chi connectivity index (χ0n) is 9.90. The second-order valence-corrected chi connectivity index (χ2v) is 3.88. The van der Waals surface area contributed by atoms with E-state index in [1.54, 1.807) is 38.3 Å². The molecule has 0 saturated carbocycles. The number of rotatable bonds is 6. The molecule has 0 unspecified atom stereocenters. The smallest absolute Gasteiger partial charge is 0.260 e. The number of hydrogen-bond donors (Lipinski definition) is 1. The first-order valence-corrected chi connectivity index (χ1v) is 5.70. The number of ether oxygens (including phenoxy) is 2. The first-order chi connectivity index (χ1) is 8.15. The summed E-state index contributed by atoms with van der Waals surface area (Å²) >= 11 is 5.92. The van der Waals surface area contributed by atoms with Crippen LogP contribution < -0.4 is 10.1 Å². The number of amides is 1. The summed E-state index contributed by atoms with van der Waals surface area (Å²) in [4.78, 5) is 11.6. The van der Waals surface area contributed by atoms with Crippen molar-refractivity contribution in [2.24, 2.45) is 0 Å². The lowest BCUT2D eigenvalue weighted by Crippen LogP contribution is -2.37. The number of carbonyl (C=O) groups is 1. The molecule has 0 saturated heterocycles. The lowest BCUT2D eigenvalue weighted by atomic mass is 10.3. The summed E-state index contributed by atoms with van der Waals surface area (Å²) in [7, 11) is 1.58. The van der Waals surface area contributed by atoms with E-state index in [0.29, 0.717) is 23.9 Å². The molecule has 0 heterocycles. The van der Waals surface area contributed by atoms with Gasteiger partial charge in [-0.2, -0.15) is 0 Å². The van der Waals surface area contributed by atoms with Crippen LogP contribution in [-0.4, -0.2) is 32.3 Å². The van der Waals surface area contributed by atoms with Crippen molar-refractivity contribution in [3.8, 4) is 5.75 Å². The van der Waals surface area contributed by atoms with Crippen molar-refractivity contribution in [2.45, 2.75) is 13.0 Å². The third-order valence-electron chi connectivity index (χ3n) is 2.12. The van der Waals surface area contributed by atoms with E-state index in [1.165, 1.54) is 0 Å². The first kappa shape index (κ1) is 13.8. The van der Waals surface area contributed by atoms with Crippen molar-refractivity contribution in [1.82, 2.24) is 5.32 Å². The largest absolute Gasteiger partial charge is 0.479 e. The molecular weight excluding hydrogens is 242 g/mol. The number of benzene rings is 1. The Balaban J connectivity index is 2.46. The summed E-state index contributed by atoms with van der Waals surface area (Å²) < 4.78 is 10.3. The minimum absolute atomic E-state index is 0.193. The van der Waals surface area contributed by atoms with Crippen LogP contribution in [0.4, 0.5) is 0 Å². The highest BCUT2D eigenvalue weighted by atomic mass is 35.5. The van der Waals surface area contributed by atoms with Gasteiger partial charge in [0, 0.05) is 13.7 Å². The lowest BCUT2D eigenvalue weighted by Gasteiger charge is -2.15. The summed E-state index contributed by atoms with van der Waals surface area (Å²) in [6.07, 6.45) is -0.591. The van der Waals surface area contributed by atoms with Crippen molar-refractivity contribution in [3.63, 3.8) is 0 Å². The second-order valence-electron chi connectivity index (χ2n) is 3.47. The van der Waals surface area contributed by atoms with Gasteiger partial charge in [0.2, 0.25) is 0 Å². The SMILES string of the molecule is COCCNC(=O)[C@@H](C)Oc1ccccc1Cl. The van der Waals surface area contributed by atoms with E-state index in [9.17, 15) is 4.79 Å². The van der Waals surface area contributed by atoms with E-state index in [-0.39, 0.29) is 5.91 Å². The number of carbonyl (C=O) groups excluding carboxylic acids is 1. The van der Waals surface area contributed by atoms with Gasteiger partial charge in [0.05, 0.1) is 11.6 Å². The first-order valence-electron chi connectivity index (χ1n) is 5.33. The summed E-state index contributed by atoms with van der Waals surface area (Å²) in [6.45, 7) is 2.61. The Morgan fingerprint density at radius 2 is 2.18 bits per heavy atom. The van der Waals surface area contributed by atoms with E-state index in [2.05, 4.69) is 5.32 Å². The zero-order chi connectivity index (χ0) is 12.7. The molecule has 5 heteroatoms. The average Bonchev–Trinajstić information content (AvgIpc) is 2.32. The van der Waals surface area contributed by atoms with Crippen molar-refractivity contribution in [2.75, 3.05) is 20.3 Å². The van der Waals surface area contributed by atoms with Crippen molar-refractivity contribution in [1.29, 1.82) is 0 Å². The molecule has 4 nitrogen and oxygen atoms in total. The Morgan fingerprint density at radius 1 is 1.47 bits per heavy atom. The number of halogens is 1. The number of methoxy groups -OCH3 is 1. The molecule has 1 amide bonds. The van der Waals surface area contributed by atoms with Gasteiger partial charge in [-0.15, -0.1) is 0 Å². The van der Waals surface area contributed by atoms with Crippen LogP contribution in [-0.2, 0) is 9.53 Å². The van der Waals surface area contributed by atoms with Crippen molar-refractivity contribution < 1.29 is 14.3 Å². The molecule has 1 aromatic carbocycles. The summed E-state index contributed by atoms with van der Waals surface area (Å²) in [5.74, 6) is 0.311. The fourth-order valence-corrected chi connectivity index (χ4v) is 1.38. The van der Waals surface area contributed by atoms with Crippen LogP contribution in [0.3, 0.4) is 0 Å². The zero-order valence-corrected chi connectivity index (χ0v) is 10.7. The van der Waals surface area contributed by atoms with Crippen LogP contribution in [0.15, 0.2) is 24.3 Å². The van der Waals surface area contributed by atoms with E-state index in [4.69, 9.17) is 21.1 Å². The number of para-hydroxylation sites is 1. The number of nitrogens with one attached hydrogen (secondary N) is 1. The monoisotopic (exact) mass is 257 g/mol. The third-order valence-corrected chi connectivity index (χ3v) is 2.43. The Morgan fingerprint density at radius 3 is 2.82 bits per heavy atom. The maximum Gasteiger partial charge on any atom is 0.260 e. The summed E-state index contributed by atoms with van der Waals surface area (Å²) in [6, 6.07) is 7.04. The fourth-order valence-electron chi connectivity index (χ4n) is 1.20. The predicted octanol–water partition coefficient (Wildman–Crippen LogP) is 1.87. The van der Waals surface area contributed by atoms with Crippen LogP contribution in [0.1, 0.15) is 6.92 Å². The van der Waals surface area contributed by atoms with Gasteiger partial charge in [-0.05, 0) is 19.1 Å². The lowest BCUT2D eigenvalue weighted by molar-refractivity contribution is -0.127. The van der Waals surface area contributed by atoms with Gasteiger partial charge < -0.3 is 14.8 Å². The highest BCUT2D eigenvalue weighted by Crippen LogP contribution is 2.24. The molecule has 0 radical (unpaired) electrons. The molecule has 0 aromatic heterocycles. The van der Waals surface area contributed by atoms with Crippen LogP contribution in [0.5, 0.6) is 5.75 Å². The maximum absolute atomic E-state index is 11.6. The van der Waals surface area contributed by atoms with Crippen LogP contribution in [0.25, 0.3) is 0 Å². The van der Waals surface area contributed by atoms with E-state index in [1.807, 2.05) is 0 Å². The quantitative estimate of drug-likeness (QED) is 0.792. The number of hydrogen-bond acceptors (Lipinski definition) is 3. The molecule has 1 N–H and O–H groups in total. The molecule has 1 atom stereocenters. The summed E-state index contributed by atoms with van der Waals surface area (Å²) in [5.41, 5.74) is 0. The molecule has 0 aliphatic rings. The molecule has 0 aliphatic heterocycles. The average molecular weight is 258 g/mol. The molecule has 1 rings (SSSR count). The standard InChI is InChI=1S/C12H16ClNO3/c1-9(12(15)14-7-8-16-2)17-11-6-4-3-5-10(11)13/h3-6,9H,7-8H2,1-2H3,(H,14,15)/t9-/m1/s1. The Kier molecular flexibility index (Phi) is 5.80. The van der Waals surface area contributed by atoms with Crippen molar-refractivity contribution >= 4 is 17.5 Å². The van der Waals surface area contributed by atoms with Crippen LogP contribution >= 0.6 is 11.6 Å². The minimum Gasteiger partial charge on any atom is -0.479 e. The van der Waals surface area contributed by atoms with E-state index < -0.39 is 6.10 Å². The Hall–Kier alpha value is -1.26. The van der Waals surface area contributed by atoms with Gasteiger partial charge in [0.1, 0.15) is 5.75 Å². The normalized spacial score (nSPS) is 11.9. The van der Waals surface area contributed by atoms with Gasteiger partial charge in [-0.3, -0.25) is 4.79 Å². The molecule has 17 heavy (non-hydrogen) atoms. The van der Waals surface area contributed by atoms with Gasteiger partial charge >= 0.3 is 0 Å². The Labute approximate surface area is 106 Å². The molecule has 0 bridgehead atoms. The van der Waals surface area contributed by atoms with E-state index in [0.717, 1.165) is 0 Å². The van der Waals surface area contributed by atoms with Gasteiger partial charge in [0.25, 0.3) is 5.91 Å². The van der Waals surface area contributed by atoms with Gasteiger partial charge in [-0.25, -0.2) is 0 Å². The Bertz CT molecular complexity index is 371. The molecule has 0 fully saturated rings. The predicted molar refractivity (Wildman–Crippen MR) is 66.4 cm³/mol. The highest BCUT2D eigenvalue weighted by molar-refractivity contribution is 6.32. The second kappa shape index (κ2) is 7.14. The van der Waals surface area contributed by atoms with Crippen LogP contribution in [0, 0.1) is 0 Å².